The first-order chi connectivity index (χ1) is 9.04. The number of likely N-dealkylation sites (N-methyl/N-ethyl adjacent to an activating group) is 1. The molecule has 1 saturated heterocycles. The summed E-state index contributed by atoms with van der Waals surface area (Å²) < 4.78 is 0. The van der Waals surface area contributed by atoms with Crippen LogP contribution in [0.4, 0.5) is 0 Å². The highest BCUT2D eigenvalue weighted by Gasteiger charge is 2.23. The number of nitrogens with one attached hydrogen (secondary N) is 1. The summed E-state index contributed by atoms with van der Waals surface area (Å²) in [5, 5.41) is 12.1. The normalized spacial score (nSPS) is 19.3. The number of hydrogen-bond acceptors (Lipinski definition) is 3. The highest BCUT2D eigenvalue weighted by Crippen LogP contribution is 2.12. The van der Waals surface area contributed by atoms with Crippen molar-refractivity contribution in [3.05, 3.63) is 29.8 Å². The van der Waals surface area contributed by atoms with E-state index in [0.717, 1.165) is 5.56 Å². The average Bonchev–Trinajstić information content (AvgIpc) is 2.37. The largest absolute Gasteiger partial charge is 0.508 e. The monoisotopic (exact) mass is 262 g/mol. The van der Waals surface area contributed by atoms with Crippen LogP contribution in [0.2, 0.25) is 0 Å². The second kappa shape index (κ2) is 5.73. The van der Waals surface area contributed by atoms with Crippen LogP contribution < -0.4 is 5.32 Å². The topological polar surface area (TPSA) is 69.6 Å². The molecule has 1 aliphatic rings. The number of aromatic hydroxyl groups is 1. The fourth-order valence-electron chi connectivity index (χ4n) is 2.21. The van der Waals surface area contributed by atoms with Crippen LogP contribution in [0.3, 0.4) is 0 Å². The van der Waals surface area contributed by atoms with Gasteiger partial charge in [0.05, 0.1) is 6.42 Å². The van der Waals surface area contributed by atoms with E-state index in [4.69, 9.17) is 5.11 Å². The molecule has 0 aliphatic carbocycles. The lowest BCUT2D eigenvalue weighted by atomic mass is 10.0. The smallest absolute Gasteiger partial charge is 0.224 e. The number of phenolic OH excluding ortho intramolecular Hbond substituents is 1. The van der Waals surface area contributed by atoms with E-state index in [-0.39, 0.29) is 30.0 Å². The van der Waals surface area contributed by atoms with Crippen molar-refractivity contribution in [3.8, 4) is 5.75 Å². The first kappa shape index (κ1) is 13.4. The minimum Gasteiger partial charge on any atom is -0.508 e. The predicted octanol–water partition coefficient (Wildman–Crippen LogP) is 0.672. The number of carbonyl (C=O) groups excluding carboxylic acids is 2. The Labute approximate surface area is 112 Å². The van der Waals surface area contributed by atoms with E-state index in [1.165, 1.54) is 0 Å². The van der Waals surface area contributed by atoms with Crippen molar-refractivity contribution in [2.45, 2.75) is 25.3 Å². The van der Waals surface area contributed by atoms with Crippen LogP contribution in [0.25, 0.3) is 0 Å². The van der Waals surface area contributed by atoms with Gasteiger partial charge in [-0.05, 0) is 24.1 Å². The van der Waals surface area contributed by atoms with E-state index in [1.807, 2.05) is 0 Å². The fourth-order valence-corrected chi connectivity index (χ4v) is 2.21. The molecule has 1 atom stereocenters. The zero-order chi connectivity index (χ0) is 13.8. The number of likely N-dealkylation sites (tertiary alicyclic amines) is 1. The van der Waals surface area contributed by atoms with Crippen LogP contribution in [-0.2, 0) is 16.0 Å². The van der Waals surface area contributed by atoms with Crippen molar-refractivity contribution in [1.82, 2.24) is 10.2 Å². The molecule has 0 aromatic heterocycles. The Morgan fingerprint density at radius 2 is 2.11 bits per heavy atom. The summed E-state index contributed by atoms with van der Waals surface area (Å²) in [6.07, 6.45) is 1.47. The summed E-state index contributed by atoms with van der Waals surface area (Å²) in [4.78, 5) is 24.9. The average molecular weight is 262 g/mol. The van der Waals surface area contributed by atoms with E-state index in [1.54, 1.807) is 36.2 Å². The molecule has 2 amide bonds. The van der Waals surface area contributed by atoms with Crippen molar-refractivity contribution in [2.24, 2.45) is 0 Å². The number of benzene rings is 1. The lowest BCUT2D eigenvalue weighted by Crippen LogP contribution is -2.48. The Morgan fingerprint density at radius 3 is 2.74 bits per heavy atom. The summed E-state index contributed by atoms with van der Waals surface area (Å²) in [7, 11) is 1.75. The summed E-state index contributed by atoms with van der Waals surface area (Å²) in [6, 6.07) is 6.62. The SMILES string of the molecule is CN1C[C@@H](NC(=O)Cc2ccc(O)cc2)CCC1=O. The van der Waals surface area contributed by atoms with Gasteiger partial charge in [0.2, 0.25) is 11.8 Å². The summed E-state index contributed by atoms with van der Waals surface area (Å²) in [5.41, 5.74) is 0.857. The maximum atomic E-state index is 11.9. The second-order valence-corrected chi connectivity index (χ2v) is 4.92. The molecule has 2 rings (SSSR count). The Morgan fingerprint density at radius 1 is 1.42 bits per heavy atom. The van der Waals surface area contributed by atoms with E-state index >= 15 is 0 Å². The van der Waals surface area contributed by atoms with Gasteiger partial charge in [-0.2, -0.15) is 0 Å². The van der Waals surface area contributed by atoms with Crippen LogP contribution >= 0.6 is 0 Å². The minimum atomic E-state index is -0.0570. The van der Waals surface area contributed by atoms with E-state index < -0.39 is 0 Å². The van der Waals surface area contributed by atoms with Crippen LogP contribution in [0, 0.1) is 0 Å². The third kappa shape index (κ3) is 3.71. The van der Waals surface area contributed by atoms with Crippen LogP contribution in [0.1, 0.15) is 18.4 Å². The molecule has 0 bridgehead atoms. The molecule has 0 unspecified atom stereocenters. The third-order valence-electron chi connectivity index (χ3n) is 3.29. The quantitative estimate of drug-likeness (QED) is 0.841. The second-order valence-electron chi connectivity index (χ2n) is 4.92. The molecule has 0 saturated carbocycles. The molecule has 1 aromatic carbocycles. The molecule has 1 aliphatic heterocycles. The molecular formula is C14H18N2O3. The van der Waals surface area contributed by atoms with Crippen molar-refractivity contribution in [2.75, 3.05) is 13.6 Å². The maximum Gasteiger partial charge on any atom is 0.224 e. The number of phenols is 1. The standard InChI is InChI=1S/C14H18N2O3/c1-16-9-11(4-7-14(16)19)15-13(18)8-10-2-5-12(17)6-3-10/h2-3,5-6,11,17H,4,7-9H2,1H3,(H,15,18)/t11-/m0/s1. The zero-order valence-corrected chi connectivity index (χ0v) is 10.9. The molecule has 0 radical (unpaired) electrons. The first-order valence-electron chi connectivity index (χ1n) is 6.36. The van der Waals surface area contributed by atoms with Gasteiger partial charge in [0, 0.05) is 26.1 Å². The third-order valence-corrected chi connectivity index (χ3v) is 3.29. The number of piperidine rings is 1. The van der Waals surface area contributed by atoms with Gasteiger partial charge in [-0.3, -0.25) is 9.59 Å². The Hall–Kier alpha value is -2.04. The predicted molar refractivity (Wildman–Crippen MR) is 70.6 cm³/mol. The van der Waals surface area contributed by atoms with Crippen molar-refractivity contribution < 1.29 is 14.7 Å². The number of carbonyl (C=O) groups is 2. The molecule has 102 valence electrons. The molecule has 1 heterocycles. The maximum absolute atomic E-state index is 11.9. The van der Waals surface area contributed by atoms with E-state index in [2.05, 4.69) is 5.32 Å². The van der Waals surface area contributed by atoms with Gasteiger partial charge < -0.3 is 15.3 Å². The van der Waals surface area contributed by atoms with Crippen LogP contribution in [0.5, 0.6) is 5.75 Å². The number of rotatable bonds is 3. The number of amides is 2. The van der Waals surface area contributed by atoms with E-state index in [9.17, 15) is 9.59 Å². The van der Waals surface area contributed by atoms with Crippen LogP contribution in [-0.4, -0.2) is 41.5 Å². The van der Waals surface area contributed by atoms with Gasteiger partial charge in [0.25, 0.3) is 0 Å². The van der Waals surface area contributed by atoms with Gasteiger partial charge >= 0.3 is 0 Å². The first-order valence-corrected chi connectivity index (χ1v) is 6.36. The molecule has 5 nitrogen and oxygen atoms in total. The van der Waals surface area contributed by atoms with Gasteiger partial charge in [0.15, 0.2) is 0 Å². The van der Waals surface area contributed by atoms with Crippen molar-refractivity contribution in [3.63, 3.8) is 0 Å². The van der Waals surface area contributed by atoms with Gasteiger partial charge in [-0.15, -0.1) is 0 Å². The Kier molecular flexibility index (Phi) is 4.04. The highest BCUT2D eigenvalue weighted by molar-refractivity contribution is 5.80. The molecule has 19 heavy (non-hydrogen) atoms. The lowest BCUT2D eigenvalue weighted by Gasteiger charge is -2.30. The van der Waals surface area contributed by atoms with Crippen molar-refractivity contribution in [1.29, 1.82) is 0 Å². The van der Waals surface area contributed by atoms with Crippen molar-refractivity contribution >= 4 is 11.8 Å². The summed E-state index contributed by atoms with van der Waals surface area (Å²) in [6.45, 7) is 0.570. The Balaban J connectivity index is 1.84. The summed E-state index contributed by atoms with van der Waals surface area (Å²) >= 11 is 0. The van der Waals surface area contributed by atoms with Gasteiger partial charge in [-0.1, -0.05) is 12.1 Å². The summed E-state index contributed by atoms with van der Waals surface area (Å²) in [5.74, 6) is 0.263. The minimum absolute atomic E-state index is 0.0346. The molecule has 0 spiro atoms. The number of hydrogen-bond donors (Lipinski definition) is 2. The zero-order valence-electron chi connectivity index (χ0n) is 10.9. The lowest BCUT2D eigenvalue weighted by molar-refractivity contribution is -0.133. The fraction of sp³-hybridized carbons (Fsp3) is 0.429. The molecule has 2 N–H and O–H groups in total. The molecular weight excluding hydrogens is 244 g/mol. The van der Waals surface area contributed by atoms with Gasteiger partial charge in [0.1, 0.15) is 5.75 Å². The Bertz CT molecular complexity index is 470. The van der Waals surface area contributed by atoms with E-state index in [0.29, 0.717) is 19.4 Å². The molecule has 1 fully saturated rings. The number of nitrogens with zero attached hydrogens (tertiary/aromatic N) is 1. The molecule has 5 heteroatoms. The molecule has 1 aromatic rings. The highest BCUT2D eigenvalue weighted by atomic mass is 16.3. The van der Waals surface area contributed by atoms with Crippen LogP contribution in [0.15, 0.2) is 24.3 Å². The van der Waals surface area contributed by atoms with Gasteiger partial charge in [-0.25, -0.2) is 0 Å².